The molecule has 1 aromatic carbocycles. The van der Waals surface area contributed by atoms with Crippen LogP contribution in [0.2, 0.25) is 0 Å². The maximum Gasteiger partial charge on any atom is 0.264 e. The van der Waals surface area contributed by atoms with Gasteiger partial charge >= 0.3 is 0 Å². The van der Waals surface area contributed by atoms with Crippen molar-refractivity contribution in [2.24, 2.45) is 7.05 Å². The van der Waals surface area contributed by atoms with Crippen molar-refractivity contribution in [3.05, 3.63) is 35.3 Å². The molecule has 9 nitrogen and oxygen atoms in total. The summed E-state index contributed by atoms with van der Waals surface area (Å²) in [5, 5.41) is 7.89. The first-order valence-corrected chi connectivity index (χ1v) is 13.6. The van der Waals surface area contributed by atoms with Gasteiger partial charge < -0.3 is 24.8 Å². The highest BCUT2D eigenvalue weighted by atomic mass is 32.1. The number of hydrogen-bond acceptors (Lipinski definition) is 7. The highest BCUT2D eigenvalue weighted by Crippen LogP contribution is 2.40. The molecular weight excluding hydrogens is 488 g/mol. The average molecular weight is 527 g/mol. The summed E-state index contributed by atoms with van der Waals surface area (Å²) in [6.45, 7) is 3.81. The van der Waals surface area contributed by atoms with E-state index in [2.05, 4.69) is 34.3 Å². The molecule has 200 valence electrons. The van der Waals surface area contributed by atoms with E-state index in [9.17, 15) is 9.59 Å². The van der Waals surface area contributed by atoms with Crippen LogP contribution in [-0.4, -0.2) is 103 Å². The van der Waals surface area contributed by atoms with E-state index in [-0.39, 0.29) is 18.2 Å². The van der Waals surface area contributed by atoms with E-state index in [4.69, 9.17) is 4.74 Å². The molecule has 0 radical (unpaired) electrons. The Morgan fingerprint density at radius 1 is 1.19 bits per heavy atom. The summed E-state index contributed by atoms with van der Waals surface area (Å²) >= 11 is 1.47. The van der Waals surface area contributed by atoms with E-state index in [1.165, 1.54) is 11.3 Å². The molecule has 1 fully saturated rings. The lowest BCUT2D eigenvalue weighted by molar-refractivity contribution is -0.120. The van der Waals surface area contributed by atoms with Crippen molar-refractivity contribution in [1.82, 2.24) is 29.8 Å². The summed E-state index contributed by atoms with van der Waals surface area (Å²) in [4.78, 5) is 33.0. The Morgan fingerprint density at radius 2 is 1.95 bits per heavy atom. The van der Waals surface area contributed by atoms with Gasteiger partial charge in [-0.15, -0.1) is 11.3 Å². The Hall–Kier alpha value is -2.95. The van der Waals surface area contributed by atoms with Crippen molar-refractivity contribution in [1.29, 1.82) is 0 Å². The first kappa shape index (κ1) is 27.1. The fourth-order valence-corrected chi connectivity index (χ4v) is 6.14. The molecule has 10 heteroatoms. The monoisotopic (exact) mass is 526 g/mol. The number of nitrogens with zero attached hydrogens (tertiary/aromatic N) is 5. The van der Waals surface area contributed by atoms with Crippen molar-refractivity contribution in [3.8, 4) is 17.0 Å². The fraction of sp³-hybridized carbons (Fsp3) is 0.519. The number of likely N-dealkylation sites (tertiary alicyclic amines) is 1. The maximum absolute atomic E-state index is 13.8. The lowest BCUT2D eigenvalue weighted by atomic mass is 10.0. The van der Waals surface area contributed by atoms with Crippen LogP contribution < -0.4 is 10.1 Å². The summed E-state index contributed by atoms with van der Waals surface area (Å²) in [6, 6.07) is 8.47. The third-order valence-electron chi connectivity index (χ3n) is 7.32. The lowest BCUT2D eigenvalue weighted by Crippen LogP contribution is -2.45. The molecule has 3 aromatic rings. The minimum atomic E-state index is -0.0684. The topological polar surface area (TPSA) is 82.9 Å². The van der Waals surface area contributed by atoms with Gasteiger partial charge in [-0.3, -0.25) is 14.3 Å². The average Bonchev–Trinajstić information content (AvgIpc) is 3.54. The van der Waals surface area contributed by atoms with Gasteiger partial charge in [-0.25, -0.2) is 0 Å². The van der Waals surface area contributed by atoms with Crippen LogP contribution in [-0.2, 0) is 11.8 Å². The molecule has 0 bridgehead atoms. The molecule has 0 saturated carbocycles. The molecule has 1 aliphatic rings. The molecule has 0 atom stereocenters. The Morgan fingerprint density at radius 3 is 2.57 bits per heavy atom. The molecule has 37 heavy (non-hydrogen) atoms. The number of benzene rings is 1. The van der Waals surface area contributed by atoms with Gasteiger partial charge in [0.2, 0.25) is 5.91 Å². The van der Waals surface area contributed by atoms with E-state index < -0.39 is 0 Å². The zero-order chi connectivity index (χ0) is 26.5. The van der Waals surface area contributed by atoms with E-state index in [1.807, 2.05) is 40.9 Å². The third-order valence-corrected chi connectivity index (χ3v) is 8.48. The number of amides is 2. The van der Waals surface area contributed by atoms with Gasteiger partial charge in [-0.05, 0) is 64.3 Å². The second-order valence-electron chi connectivity index (χ2n) is 9.76. The second kappa shape index (κ2) is 12.1. The molecule has 2 amide bonds. The van der Waals surface area contributed by atoms with Crippen molar-refractivity contribution in [2.75, 3.05) is 61.0 Å². The Balaban J connectivity index is 1.57. The van der Waals surface area contributed by atoms with Crippen LogP contribution in [0.1, 0.15) is 28.9 Å². The van der Waals surface area contributed by atoms with Gasteiger partial charge in [0.1, 0.15) is 5.75 Å². The SMILES string of the molecule is CNC(=O)CCN(CCN1CCC(N(C)C)CC1)C(=O)c1cc2c(OC)ccc(-c3ccnn3C)c2s1. The Labute approximate surface area is 223 Å². The summed E-state index contributed by atoms with van der Waals surface area (Å²) in [6.07, 6.45) is 4.31. The predicted octanol–water partition coefficient (Wildman–Crippen LogP) is 2.91. The molecule has 0 spiro atoms. The van der Waals surface area contributed by atoms with E-state index in [0.29, 0.717) is 24.0 Å². The second-order valence-corrected chi connectivity index (χ2v) is 10.8. The number of rotatable bonds is 10. The molecule has 1 aliphatic heterocycles. The van der Waals surface area contributed by atoms with Gasteiger partial charge in [0.05, 0.1) is 17.7 Å². The largest absolute Gasteiger partial charge is 0.496 e. The first-order chi connectivity index (χ1) is 17.8. The van der Waals surface area contributed by atoms with Gasteiger partial charge in [0.25, 0.3) is 5.91 Å². The molecule has 0 unspecified atom stereocenters. The van der Waals surface area contributed by atoms with E-state index >= 15 is 0 Å². The van der Waals surface area contributed by atoms with Crippen molar-refractivity contribution in [3.63, 3.8) is 0 Å². The zero-order valence-corrected chi connectivity index (χ0v) is 23.3. The number of thiophene rings is 1. The number of carbonyl (C=O) groups excluding carboxylic acids is 2. The summed E-state index contributed by atoms with van der Waals surface area (Å²) in [7, 11) is 9.46. The van der Waals surface area contributed by atoms with E-state index in [1.54, 1.807) is 20.4 Å². The number of piperidine rings is 1. The number of fused-ring (bicyclic) bond motifs is 1. The molecule has 2 aromatic heterocycles. The highest BCUT2D eigenvalue weighted by Gasteiger charge is 2.25. The van der Waals surface area contributed by atoms with Gasteiger partial charge in [0, 0.05) is 68.0 Å². The molecule has 3 heterocycles. The van der Waals surface area contributed by atoms with Gasteiger partial charge in [-0.1, -0.05) is 0 Å². The highest BCUT2D eigenvalue weighted by molar-refractivity contribution is 7.21. The Kier molecular flexibility index (Phi) is 8.83. The summed E-state index contributed by atoms with van der Waals surface area (Å²) < 4.78 is 8.45. The number of carbonyl (C=O) groups is 2. The molecule has 1 saturated heterocycles. The number of nitrogens with one attached hydrogen (secondary N) is 1. The van der Waals surface area contributed by atoms with E-state index in [0.717, 1.165) is 59.6 Å². The third kappa shape index (κ3) is 6.14. The van der Waals surface area contributed by atoms with Crippen molar-refractivity contribution in [2.45, 2.75) is 25.3 Å². The normalized spacial score (nSPS) is 14.9. The number of aryl methyl sites for hydroxylation is 1. The minimum absolute atomic E-state index is 0.0497. The fourth-order valence-electron chi connectivity index (χ4n) is 4.98. The molecular formula is C27H38N6O3S. The molecule has 0 aliphatic carbocycles. The van der Waals surface area contributed by atoms with Crippen LogP contribution in [0.4, 0.5) is 0 Å². The first-order valence-electron chi connectivity index (χ1n) is 12.8. The molecule has 1 N–H and O–H groups in total. The smallest absolute Gasteiger partial charge is 0.264 e. The summed E-state index contributed by atoms with van der Waals surface area (Å²) in [5.74, 6) is 0.615. The zero-order valence-electron chi connectivity index (χ0n) is 22.5. The molecule has 4 rings (SSSR count). The van der Waals surface area contributed by atoms with Gasteiger partial charge in [0.15, 0.2) is 0 Å². The predicted molar refractivity (Wildman–Crippen MR) is 148 cm³/mol. The van der Waals surface area contributed by atoms with Crippen LogP contribution in [0, 0.1) is 0 Å². The standard InChI is InChI=1S/C27H38N6O3S/c1-28-25(34)11-15-33(17-16-32-13-9-19(10-14-32)30(2)3)27(35)24-18-21-23(36-5)7-6-20(26(21)37-24)22-8-12-29-31(22)4/h6-8,12,18-19H,9-11,13-17H2,1-5H3,(H,28,34). The quantitative estimate of drug-likeness (QED) is 0.438. The van der Waals surface area contributed by atoms with Crippen LogP contribution in [0.3, 0.4) is 0 Å². The Bertz CT molecular complexity index is 1230. The van der Waals surface area contributed by atoms with Gasteiger partial charge in [-0.2, -0.15) is 5.10 Å². The lowest BCUT2D eigenvalue weighted by Gasteiger charge is -2.36. The number of aromatic nitrogens is 2. The summed E-state index contributed by atoms with van der Waals surface area (Å²) in [5.41, 5.74) is 1.99. The van der Waals surface area contributed by atoms with Crippen molar-refractivity contribution < 1.29 is 14.3 Å². The van der Waals surface area contributed by atoms with Crippen molar-refractivity contribution >= 4 is 33.2 Å². The van der Waals surface area contributed by atoms with Crippen LogP contribution in [0.15, 0.2) is 30.5 Å². The van der Waals surface area contributed by atoms with Crippen LogP contribution in [0.5, 0.6) is 5.75 Å². The number of hydrogen-bond donors (Lipinski definition) is 1. The number of methoxy groups -OCH3 is 1. The number of ether oxygens (including phenoxy) is 1. The minimum Gasteiger partial charge on any atom is -0.496 e. The van der Waals surface area contributed by atoms with Crippen LogP contribution in [0.25, 0.3) is 21.3 Å². The maximum atomic E-state index is 13.8. The van der Waals surface area contributed by atoms with Crippen LogP contribution >= 0.6 is 11.3 Å².